The minimum Gasteiger partial charge on any atom is -0.481 e. The Morgan fingerprint density at radius 3 is 0.919 bits per heavy atom. The second-order valence-corrected chi connectivity index (χ2v) is 11.8. The first-order chi connectivity index (χ1) is 18.2. The van der Waals surface area contributed by atoms with Crippen molar-refractivity contribution in [3.8, 4) is 0 Å². The van der Waals surface area contributed by atoms with E-state index < -0.39 is 5.97 Å². The zero-order valence-electron chi connectivity index (χ0n) is 25.7. The molecule has 0 aromatic heterocycles. The number of carboxylic acids is 1. The minimum atomic E-state index is -0.651. The smallest absolute Gasteiger partial charge is 0.303 e. The van der Waals surface area contributed by atoms with E-state index >= 15 is 0 Å². The monoisotopic (exact) mass is 524 g/mol. The SMILES string of the molecule is CCCCCCCCCCCCCCCN(CCCCCCCCCCCCCCC)CCCC(=O)O. The normalized spacial score (nSPS) is 11.5. The van der Waals surface area contributed by atoms with Crippen LogP contribution in [0.4, 0.5) is 0 Å². The van der Waals surface area contributed by atoms with Crippen LogP contribution < -0.4 is 0 Å². The predicted octanol–water partition coefficient (Wildman–Crippen LogP) is 11.3. The molecule has 1 N–H and O–H groups in total. The molecule has 0 aromatic rings. The molecule has 0 fully saturated rings. The Morgan fingerprint density at radius 2 is 0.649 bits per heavy atom. The van der Waals surface area contributed by atoms with Crippen LogP contribution in [0.25, 0.3) is 0 Å². The molecule has 37 heavy (non-hydrogen) atoms. The van der Waals surface area contributed by atoms with Crippen molar-refractivity contribution in [2.45, 2.75) is 194 Å². The summed E-state index contributed by atoms with van der Waals surface area (Å²) in [4.78, 5) is 13.5. The lowest BCUT2D eigenvalue weighted by Gasteiger charge is -2.22. The standard InChI is InChI=1S/C34H69NO2/c1-3-5-7-9-11-13-15-17-19-21-23-25-27-31-35(33-29-30-34(36)37)32-28-26-24-22-20-18-16-14-12-10-8-6-4-2/h3-33H2,1-2H3,(H,36,37). The fourth-order valence-electron chi connectivity index (χ4n) is 5.50. The maximum absolute atomic E-state index is 10.9. The molecule has 0 aliphatic heterocycles. The summed E-state index contributed by atoms with van der Waals surface area (Å²) in [7, 11) is 0. The molecule has 0 amide bonds. The van der Waals surface area contributed by atoms with Crippen LogP contribution in [-0.4, -0.2) is 35.6 Å². The molecule has 0 saturated carbocycles. The first-order valence-corrected chi connectivity index (χ1v) is 17.1. The quantitative estimate of drug-likeness (QED) is 0.0891. The molecule has 0 radical (unpaired) electrons. The van der Waals surface area contributed by atoms with Crippen molar-refractivity contribution in [2.75, 3.05) is 19.6 Å². The van der Waals surface area contributed by atoms with E-state index in [9.17, 15) is 4.79 Å². The Hall–Kier alpha value is -0.570. The van der Waals surface area contributed by atoms with E-state index in [4.69, 9.17) is 5.11 Å². The van der Waals surface area contributed by atoms with Gasteiger partial charge in [0.25, 0.3) is 0 Å². The lowest BCUT2D eigenvalue weighted by atomic mass is 10.0. The average molecular weight is 524 g/mol. The van der Waals surface area contributed by atoms with Gasteiger partial charge in [-0.1, -0.05) is 168 Å². The van der Waals surface area contributed by atoms with Crippen molar-refractivity contribution in [1.82, 2.24) is 4.90 Å². The molecule has 0 bridgehead atoms. The highest BCUT2D eigenvalue weighted by Gasteiger charge is 2.06. The topological polar surface area (TPSA) is 40.5 Å². The van der Waals surface area contributed by atoms with Crippen molar-refractivity contribution in [3.05, 3.63) is 0 Å². The molecular formula is C34H69NO2. The van der Waals surface area contributed by atoms with Gasteiger partial charge in [-0.25, -0.2) is 0 Å². The Kier molecular flexibility index (Phi) is 31.2. The van der Waals surface area contributed by atoms with Crippen molar-refractivity contribution in [3.63, 3.8) is 0 Å². The van der Waals surface area contributed by atoms with E-state index in [0.717, 1.165) is 26.1 Å². The third kappa shape index (κ3) is 31.5. The number of hydrogen-bond acceptors (Lipinski definition) is 2. The largest absolute Gasteiger partial charge is 0.481 e. The first-order valence-electron chi connectivity index (χ1n) is 17.1. The summed E-state index contributed by atoms with van der Waals surface area (Å²) in [6, 6.07) is 0. The van der Waals surface area contributed by atoms with Gasteiger partial charge in [-0.05, 0) is 38.9 Å². The van der Waals surface area contributed by atoms with Crippen molar-refractivity contribution in [2.24, 2.45) is 0 Å². The number of rotatable bonds is 32. The fourth-order valence-corrected chi connectivity index (χ4v) is 5.50. The van der Waals surface area contributed by atoms with Gasteiger partial charge in [0.15, 0.2) is 0 Å². The summed E-state index contributed by atoms with van der Waals surface area (Å²) < 4.78 is 0. The van der Waals surface area contributed by atoms with Gasteiger partial charge in [-0.3, -0.25) is 4.79 Å². The van der Waals surface area contributed by atoms with Crippen LogP contribution in [0.2, 0.25) is 0 Å². The molecule has 3 nitrogen and oxygen atoms in total. The molecule has 0 aromatic carbocycles. The summed E-state index contributed by atoms with van der Waals surface area (Å²) >= 11 is 0. The summed E-state index contributed by atoms with van der Waals surface area (Å²) in [6.45, 7) is 7.86. The van der Waals surface area contributed by atoms with Gasteiger partial charge < -0.3 is 10.0 Å². The van der Waals surface area contributed by atoms with Crippen molar-refractivity contribution in [1.29, 1.82) is 0 Å². The van der Waals surface area contributed by atoms with Gasteiger partial charge in [-0.2, -0.15) is 0 Å². The molecule has 0 saturated heterocycles. The highest BCUT2D eigenvalue weighted by molar-refractivity contribution is 5.66. The Bertz CT molecular complexity index is 410. The molecule has 0 heterocycles. The number of unbranched alkanes of at least 4 members (excludes halogenated alkanes) is 24. The molecule has 0 aliphatic rings. The molecule has 0 unspecified atom stereocenters. The number of hydrogen-bond donors (Lipinski definition) is 1. The van der Waals surface area contributed by atoms with Gasteiger partial charge >= 0.3 is 5.97 Å². The fraction of sp³-hybridized carbons (Fsp3) is 0.971. The van der Waals surface area contributed by atoms with Crippen LogP contribution in [0, 0.1) is 0 Å². The van der Waals surface area contributed by atoms with E-state index in [0.29, 0.717) is 6.42 Å². The first kappa shape index (κ1) is 36.4. The summed E-state index contributed by atoms with van der Waals surface area (Å²) in [5.74, 6) is -0.651. The van der Waals surface area contributed by atoms with Gasteiger partial charge in [0.05, 0.1) is 0 Å². The second kappa shape index (κ2) is 31.6. The number of nitrogens with zero attached hydrogens (tertiary/aromatic N) is 1. The van der Waals surface area contributed by atoms with E-state index in [2.05, 4.69) is 18.7 Å². The average Bonchev–Trinajstić information content (AvgIpc) is 2.88. The molecule has 3 heteroatoms. The molecule has 0 atom stereocenters. The van der Waals surface area contributed by atoms with Gasteiger partial charge in [0.1, 0.15) is 0 Å². The number of carbonyl (C=O) groups is 1. The number of carboxylic acid groups (broad SMARTS) is 1. The van der Waals surface area contributed by atoms with Crippen LogP contribution >= 0.6 is 0 Å². The third-order valence-corrected chi connectivity index (χ3v) is 8.02. The van der Waals surface area contributed by atoms with E-state index in [1.165, 1.54) is 167 Å². The predicted molar refractivity (Wildman–Crippen MR) is 165 cm³/mol. The van der Waals surface area contributed by atoms with E-state index in [1.807, 2.05) is 0 Å². The number of aliphatic carboxylic acids is 1. The molecule has 0 spiro atoms. The molecule has 0 rings (SSSR count). The maximum Gasteiger partial charge on any atom is 0.303 e. The van der Waals surface area contributed by atoms with Crippen molar-refractivity contribution < 1.29 is 9.90 Å². The van der Waals surface area contributed by atoms with Crippen LogP contribution in [0.5, 0.6) is 0 Å². The summed E-state index contributed by atoms with van der Waals surface area (Å²) in [6.07, 6.45) is 37.5. The van der Waals surface area contributed by atoms with Crippen LogP contribution in [0.1, 0.15) is 194 Å². The summed E-state index contributed by atoms with van der Waals surface area (Å²) in [5.41, 5.74) is 0. The summed E-state index contributed by atoms with van der Waals surface area (Å²) in [5, 5.41) is 9.01. The molecule has 222 valence electrons. The highest BCUT2D eigenvalue weighted by atomic mass is 16.4. The van der Waals surface area contributed by atoms with E-state index in [1.54, 1.807) is 0 Å². The van der Waals surface area contributed by atoms with Crippen LogP contribution in [0.3, 0.4) is 0 Å². The minimum absolute atomic E-state index is 0.313. The molecule has 0 aliphatic carbocycles. The van der Waals surface area contributed by atoms with Gasteiger partial charge in [-0.15, -0.1) is 0 Å². The Balaban J connectivity index is 3.66. The van der Waals surface area contributed by atoms with Crippen molar-refractivity contribution >= 4 is 5.97 Å². The zero-order valence-corrected chi connectivity index (χ0v) is 25.7. The van der Waals surface area contributed by atoms with Crippen LogP contribution in [-0.2, 0) is 4.79 Å². The van der Waals surface area contributed by atoms with Gasteiger partial charge in [0.2, 0.25) is 0 Å². The zero-order chi connectivity index (χ0) is 27.1. The maximum atomic E-state index is 10.9. The lowest BCUT2D eigenvalue weighted by molar-refractivity contribution is -0.137. The second-order valence-electron chi connectivity index (χ2n) is 11.8. The highest BCUT2D eigenvalue weighted by Crippen LogP contribution is 2.15. The molecular weight excluding hydrogens is 454 g/mol. The van der Waals surface area contributed by atoms with Gasteiger partial charge in [0, 0.05) is 6.42 Å². The third-order valence-electron chi connectivity index (χ3n) is 8.02. The van der Waals surface area contributed by atoms with E-state index in [-0.39, 0.29) is 0 Å². The Labute approximate surface area is 233 Å². The Morgan fingerprint density at radius 1 is 0.405 bits per heavy atom. The van der Waals surface area contributed by atoms with Crippen LogP contribution in [0.15, 0.2) is 0 Å². The lowest BCUT2D eigenvalue weighted by Crippen LogP contribution is -2.27.